The Bertz CT molecular complexity index is 552. The minimum Gasteiger partial charge on any atom is -0.342 e. The van der Waals surface area contributed by atoms with Crippen molar-refractivity contribution in [2.24, 2.45) is 5.73 Å². The fraction of sp³-hybridized carbons (Fsp3) is 0.562. The molecule has 1 saturated heterocycles. The van der Waals surface area contributed by atoms with Gasteiger partial charge in [-0.05, 0) is 43.4 Å². The van der Waals surface area contributed by atoms with Gasteiger partial charge < -0.3 is 10.6 Å². The molecule has 122 valence electrons. The Kier molecular flexibility index (Phi) is 5.65. The highest BCUT2D eigenvalue weighted by Gasteiger charge is 2.48. The molecule has 3 rings (SSSR count). The summed E-state index contributed by atoms with van der Waals surface area (Å²) < 4.78 is 0. The van der Waals surface area contributed by atoms with Gasteiger partial charge in [0.2, 0.25) is 5.91 Å². The Morgan fingerprint density at radius 3 is 2.32 bits per heavy atom. The number of nitrogens with zero attached hydrogens (tertiary/aromatic N) is 1. The second-order valence-corrected chi connectivity index (χ2v) is 7.01. The van der Waals surface area contributed by atoms with E-state index in [-0.39, 0.29) is 24.4 Å². The van der Waals surface area contributed by atoms with Crippen LogP contribution < -0.4 is 5.73 Å². The van der Waals surface area contributed by atoms with Gasteiger partial charge in [-0.2, -0.15) is 0 Å². The largest absolute Gasteiger partial charge is 0.342 e. The van der Waals surface area contributed by atoms with Gasteiger partial charge in [0, 0.05) is 19.1 Å². The molecule has 0 radical (unpaired) electrons. The quantitative estimate of drug-likeness (QED) is 0.869. The van der Waals surface area contributed by atoms with Crippen molar-refractivity contribution in [2.45, 2.75) is 43.6 Å². The van der Waals surface area contributed by atoms with Gasteiger partial charge in [-0.3, -0.25) is 4.79 Å². The number of carbonyl (C=O) groups is 1. The van der Waals surface area contributed by atoms with Crippen LogP contribution in [-0.4, -0.2) is 29.9 Å². The highest BCUT2D eigenvalue weighted by atomic mass is 35.5. The summed E-state index contributed by atoms with van der Waals surface area (Å²) in [6, 6.07) is 5.83. The average molecular weight is 364 g/mol. The lowest BCUT2D eigenvalue weighted by atomic mass is 9.63. The average Bonchev–Trinajstić information content (AvgIpc) is 2.42. The first-order valence-corrected chi connectivity index (χ1v) is 8.29. The molecule has 0 aromatic heterocycles. The minimum atomic E-state index is -0.393. The number of nitrogens with two attached hydrogens (primary N) is 1. The van der Waals surface area contributed by atoms with Gasteiger partial charge in [-0.25, -0.2) is 0 Å². The Morgan fingerprint density at radius 1 is 1.18 bits per heavy atom. The third-order valence-corrected chi connectivity index (χ3v) is 5.65. The van der Waals surface area contributed by atoms with Crippen LogP contribution in [0.2, 0.25) is 10.0 Å². The van der Waals surface area contributed by atoms with E-state index in [1.807, 2.05) is 17.0 Å². The lowest BCUT2D eigenvalue weighted by Crippen LogP contribution is -2.54. The van der Waals surface area contributed by atoms with E-state index in [9.17, 15) is 4.79 Å². The monoisotopic (exact) mass is 362 g/mol. The number of halogens is 3. The van der Waals surface area contributed by atoms with Crippen molar-refractivity contribution in [1.82, 2.24) is 4.90 Å². The Labute approximate surface area is 147 Å². The third-order valence-electron chi connectivity index (χ3n) is 4.92. The number of benzene rings is 1. The van der Waals surface area contributed by atoms with E-state index in [4.69, 9.17) is 28.9 Å². The molecule has 1 amide bonds. The second-order valence-electron chi connectivity index (χ2n) is 6.19. The first-order valence-electron chi connectivity index (χ1n) is 7.53. The van der Waals surface area contributed by atoms with E-state index in [0.717, 1.165) is 50.8 Å². The molecule has 1 aromatic carbocycles. The molecule has 6 heteroatoms. The molecular formula is C16H21Cl3N2O. The summed E-state index contributed by atoms with van der Waals surface area (Å²) in [5, 5.41) is 1.06. The van der Waals surface area contributed by atoms with Crippen LogP contribution in [0.15, 0.2) is 18.2 Å². The third kappa shape index (κ3) is 3.09. The number of likely N-dealkylation sites (tertiary alicyclic amines) is 1. The van der Waals surface area contributed by atoms with Crippen molar-refractivity contribution in [3.05, 3.63) is 33.8 Å². The summed E-state index contributed by atoms with van der Waals surface area (Å²) >= 11 is 12.1. The number of piperidine rings is 1. The molecule has 1 aromatic rings. The summed E-state index contributed by atoms with van der Waals surface area (Å²) in [5.41, 5.74) is 6.54. The van der Waals surface area contributed by atoms with Crippen molar-refractivity contribution in [2.75, 3.05) is 13.1 Å². The summed E-state index contributed by atoms with van der Waals surface area (Å²) in [5.74, 6) is 0.235. The van der Waals surface area contributed by atoms with Crippen molar-refractivity contribution in [1.29, 1.82) is 0 Å². The van der Waals surface area contributed by atoms with E-state index >= 15 is 0 Å². The molecular weight excluding hydrogens is 343 g/mol. The Morgan fingerprint density at radius 2 is 1.82 bits per heavy atom. The number of amides is 1. The van der Waals surface area contributed by atoms with Crippen molar-refractivity contribution in [3.63, 3.8) is 0 Å². The predicted molar refractivity (Wildman–Crippen MR) is 93.0 cm³/mol. The highest BCUT2D eigenvalue weighted by molar-refractivity contribution is 6.42. The molecule has 0 unspecified atom stereocenters. The normalized spacial score (nSPS) is 21.0. The number of rotatable bonds is 2. The molecule has 0 atom stereocenters. The van der Waals surface area contributed by atoms with Crippen LogP contribution in [0.1, 0.15) is 37.7 Å². The van der Waals surface area contributed by atoms with Gasteiger partial charge in [0.05, 0.1) is 15.5 Å². The van der Waals surface area contributed by atoms with Gasteiger partial charge in [-0.1, -0.05) is 35.7 Å². The second kappa shape index (κ2) is 6.96. The van der Waals surface area contributed by atoms with Crippen LogP contribution in [0.3, 0.4) is 0 Å². The molecule has 1 heterocycles. The molecule has 0 bridgehead atoms. The van der Waals surface area contributed by atoms with E-state index < -0.39 is 5.41 Å². The van der Waals surface area contributed by atoms with Crippen molar-refractivity contribution in [3.8, 4) is 0 Å². The molecule has 2 fully saturated rings. The number of hydrogen-bond acceptors (Lipinski definition) is 2. The maximum Gasteiger partial charge on any atom is 0.233 e. The maximum absolute atomic E-state index is 13.0. The summed E-state index contributed by atoms with van der Waals surface area (Å²) in [6.45, 7) is 1.53. The molecule has 1 aliphatic heterocycles. The first-order chi connectivity index (χ1) is 10.0. The van der Waals surface area contributed by atoms with E-state index in [2.05, 4.69) is 0 Å². The minimum absolute atomic E-state index is 0. The maximum atomic E-state index is 13.0. The van der Waals surface area contributed by atoms with Gasteiger partial charge in [0.25, 0.3) is 0 Å². The van der Waals surface area contributed by atoms with Gasteiger partial charge in [0.15, 0.2) is 0 Å². The van der Waals surface area contributed by atoms with Gasteiger partial charge >= 0.3 is 0 Å². The molecule has 1 aliphatic carbocycles. The topological polar surface area (TPSA) is 46.3 Å². The first kappa shape index (κ1) is 17.9. The molecule has 0 spiro atoms. The van der Waals surface area contributed by atoms with Crippen LogP contribution in [0.5, 0.6) is 0 Å². The zero-order valence-corrected chi connectivity index (χ0v) is 14.7. The van der Waals surface area contributed by atoms with Crippen LogP contribution in [0.4, 0.5) is 0 Å². The molecule has 3 nitrogen and oxygen atoms in total. The van der Waals surface area contributed by atoms with Gasteiger partial charge in [0.1, 0.15) is 0 Å². The summed E-state index contributed by atoms with van der Waals surface area (Å²) in [7, 11) is 0. The van der Waals surface area contributed by atoms with Crippen LogP contribution in [0, 0.1) is 0 Å². The predicted octanol–water partition coefficient (Wildman–Crippen LogP) is 3.79. The fourth-order valence-corrected chi connectivity index (χ4v) is 3.65. The SMILES string of the molecule is Cl.NC1CCN(C(=O)C2(c3ccc(Cl)c(Cl)c3)CCC2)CC1. The lowest BCUT2D eigenvalue weighted by Gasteiger charge is -2.45. The number of carbonyl (C=O) groups excluding carboxylic acids is 1. The summed E-state index contributed by atoms with van der Waals surface area (Å²) in [4.78, 5) is 15.0. The van der Waals surface area contributed by atoms with E-state index in [0.29, 0.717) is 10.0 Å². The Balaban J connectivity index is 0.00000176. The standard InChI is InChI=1S/C16H20Cl2N2O.ClH/c17-13-3-2-11(10-14(13)18)16(6-1-7-16)15(21)20-8-4-12(19)5-9-20;/h2-3,10,12H,1,4-9,19H2;1H. The zero-order chi connectivity index (χ0) is 15.0. The molecule has 2 N–H and O–H groups in total. The van der Waals surface area contributed by atoms with Crippen LogP contribution in [-0.2, 0) is 10.2 Å². The summed E-state index contributed by atoms with van der Waals surface area (Å²) in [6.07, 6.45) is 4.66. The van der Waals surface area contributed by atoms with Gasteiger partial charge in [-0.15, -0.1) is 12.4 Å². The smallest absolute Gasteiger partial charge is 0.233 e. The molecule has 22 heavy (non-hydrogen) atoms. The molecule has 1 saturated carbocycles. The Hall–Kier alpha value is -0.480. The zero-order valence-electron chi connectivity index (χ0n) is 12.4. The van der Waals surface area contributed by atoms with Crippen molar-refractivity contribution < 1.29 is 4.79 Å². The molecule has 2 aliphatic rings. The van der Waals surface area contributed by atoms with Crippen LogP contribution >= 0.6 is 35.6 Å². The lowest BCUT2D eigenvalue weighted by molar-refractivity contribution is -0.142. The van der Waals surface area contributed by atoms with Crippen LogP contribution in [0.25, 0.3) is 0 Å². The van der Waals surface area contributed by atoms with Crippen molar-refractivity contribution >= 4 is 41.5 Å². The number of hydrogen-bond donors (Lipinski definition) is 1. The van der Waals surface area contributed by atoms with E-state index in [1.165, 1.54) is 0 Å². The van der Waals surface area contributed by atoms with E-state index in [1.54, 1.807) is 6.07 Å². The highest BCUT2D eigenvalue weighted by Crippen LogP contribution is 2.46. The fourth-order valence-electron chi connectivity index (χ4n) is 3.36.